The van der Waals surface area contributed by atoms with Gasteiger partial charge in [0.1, 0.15) is 11.4 Å². The first-order valence-corrected chi connectivity index (χ1v) is 19.6. The molecule has 5 rings (SSSR count). The summed E-state index contributed by atoms with van der Waals surface area (Å²) in [5, 5.41) is 11.0. The van der Waals surface area contributed by atoms with Crippen molar-refractivity contribution in [3.8, 4) is 17.0 Å². The predicted molar refractivity (Wildman–Crippen MR) is 185 cm³/mol. The Morgan fingerprint density at radius 3 is 2.54 bits per heavy atom. The Morgan fingerprint density at radius 2 is 1.80 bits per heavy atom. The molecule has 9 nitrogen and oxygen atoms in total. The zero-order chi connectivity index (χ0) is 32.7. The third kappa shape index (κ3) is 8.66. The summed E-state index contributed by atoms with van der Waals surface area (Å²) in [6.07, 6.45) is 7.07. The van der Waals surface area contributed by atoms with Crippen LogP contribution in [0.25, 0.3) is 22.2 Å². The molecule has 0 spiro atoms. The predicted octanol–water partition coefficient (Wildman–Crippen LogP) is 8.18. The maximum absolute atomic E-state index is 6.70. The van der Waals surface area contributed by atoms with Crippen LogP contribution in [0.1, 0.15) is 71.7 Å². The van der Waals surface area contributed by atoms with Crippen LogP contribution in [0.15, 0.2) is 60.9 Å². The Kier molecular flexibility index (Phi) is 11.4. The topological polar surface area (TPSA) is 81.8 Å². The van der Waals surface area contributed by atoms with Gasteiger partial charge in [-0.05, 0) is 75.0 Å². The minimum Gasteiger partial charge on any atom is -0.543 e. The summed E-state index contributed by atoms with van der Waals surface area (Å²) < 4.78 is 34.5. The van der Waals surface area contributed by atoms with E-state index < -0.39 is 8.32 Å². The molecule has 0 radical (unpaired) electrons. The zero-order valence-corrected chi connectivity index (χ0v) is 29.7. The third-order valence-electron chi connectivity index (χ3n) is 9.07. The highest BCUT2D eigenvalue weighted by atomic mass is 28.4. The molecule has 1 fully saturated rings. The molecule has 0 amide bonds. The van der Waals surface area contributed by atoms with E-state index in [2.05, 4.69) is 82.0 Å². The van der Waals surface area contributed by atoms with E-state index in [4.69, 9.17) is 33.6 Å². The largest absolute Gasteiger partial charge is 0.543 e. The van der Waals surface area contributed by atoms with Gasteiger partial charge < -0.3 is 23.4 Å². The SMILES string of the molecule is CC(COCc1ccccc1)OCCOCC(C)n1cc(-c2nn(C3CCCCO3)c3ccc(O[Si](C)(C)C(C)(C)C)cc23)cn1. The summed E-state index contributed by atoms with van der Waals surface area (Å²) >= 11 is 0. The number of fused-ring (bicyclic) bond motifs is 1. The Balaban J connectivity index is 1.20. The molecule has 3 unspecified atom stereocenters. The monoisotopic (exact) mass is 648 g/mol. The van der Waals surface area contributed by atoms with Crippen molar-refractivity contribution in [3.05, 3.63) is 66.5 Å². The van der Waals surface area contributed by atoms with Gasteiger partial charge in [0.05, 0.1) is 56.9 Å². The lowest BCUT2D eigenvalue weighted by Crippen LogP contribution is -2.43. The summed E-state index contributed by atoms with van der Waals surface area (Å²) in [6, 6.07) is 16.6. The molecule has 46 heavy (non-hydrogen) atoms. The van der Waals surface area contributed by atoms with Crippen molar-refractivity contribution in [2.45, 2.75) is 97.0 Å². The smallest absolute Gasteiger partial charge is 0.250 e. The fourth-order valence-electron chi connectivity index (χ4n) is 5.29. The normalized spacial score (nSPS) is 17.3. The summed E-state index contributed by atoms with van der Waals surface area (Å²) in [5.41, 5.74) is 4.06. The Bertz CT molecular complexity index is 1520. The first-order valence-electron chi connectivity index (χ1n) is 16.7. The molecule has 1 saturated heterocycles. The van der Waals surface area contributed by atoms with Gasteiger partial charge in [-0.25, -0.2) is 4.68 Å². The molecule has 0 bridgehead atoms. The Labute approximate surface area is 275 Å². The third-order valence-corrected chi connectivity index (χ3v) is 13.4. The van der Waals surface area contributed by atoms with E-state index >= 15 is 0 Å². The lowest BCUT2D eigenvalue weighted by molar-refractivity contribution is -0.0365. The molecule has 2 aromatic carbocycles. The number of rotatable bonds is 15. The van der Waals surface area contributed by atoms with Gasteiger partial charge in [0.2, 0.25) is 8.32 Å². The fraction of sp³-hybridized carbons (Fsp3) is 0.556. The minimum atomic E-state index is -2.01. The van der Waals surface area contributed by atoms with Crippen molar-refractivity contribution in [1.82, 2.24) is 19.6 Å². The summed E-state index contributed by atoms with van der Waals surface area (Å²) in [7, 11) is -2.01. The second kappa shape index (κ2) is 15.3. The van der Waals surface area contributed by atoms with E-state index in [1.165, 1.54) is 0 Å². The maximum Gasteiger partial charge on any atom is 0.250 e. The molecule has 0 saturated carbocycles. The van der Waals surface area contributed by atoms with Gasteiger partial charge in [-0.15, -0.1) is 0 Å². The maximum atomic E-state index is 6.70. The van der Waals surface area contributed by atoms with Gasteiger partial charge in [-0.3, -0.25) is 4.68 Å². The van der Waals surface area contributed by atoms with Crippen molar-refractivity contribution < 1.29 is 23.4 Å². The van der Waals surface area contributed by atoms with Crippen molar-refractivity contribution in [2.24, 2.45) is 0 Å². The molecular formula is C36H52N4O5Si. The van der Waals surface area contributed by atoms with Crippen molar-refractivity contribution in [3.63, 3.8) is 0 Å². The molecule has 10 heteroatoms. The van der Waals surface area contributed by atoms with E-state index in [-0.39, 0.29) is 23.4 Å². The van der Waals surface area contributed by atoms with Gasteiger partial charge in [0.15, 0.2) is 6.23 Å². The highest BCUT2D eigenvalue weighted by Gasteiger charge is 2.39. The molecule has 3 atom stereocenters. The van der Waals surface area contributed by atoms with Crippen LogP contribution in [-0.2, 0) is 25.6 Å². The molecular weight excluding hydrogens is 597 g/mol. The van der Waals surface area contributed by atoms with Crippen molar-refractivity contribution in [2.75, 3.05) is 33.0 Å². The molecule has 4 aromatic rings. The zero-order valence-electron chi connectivity index (χ0n) is 28.7. The quantitative estimate of drug-likeness (QED) is 0.0950. The highest BCUT2D eigenvalue weighted by molar-refractivity contribution is 6.74. The average Bonchev–Trinajstić information content (AvgIpc) is 3.66. The molecule has 0 N–H and O–H groups in total. The van der Waals surface area contributed by atoms with Gasteiger partial charge >= 0.3 is 0 Å². The van der Waals surface area contributed by atoms with Crippen LogP contribution in [0.3, 0.4) is 0 Å². The lowest BCUT2D eigenvalue weighted by atomic mass is 10.1. The van der Waals surface area contributed by atoms with Crippen molar-refractivity contribution in [1.29, 1.82) is 0 Å². The van der Waals surface area contributed by atoms with Gasteiger partial charge in [0.25, 0.3) is 0 Å². The summed E-state index contributed by atoms with van der Waals surface area (Å²) in [6.45, 7) is 18.9. The van der Waals surface area contributed by atoms with Crippen molar-refractivity contribution >= 4 is 19.2 Å². The molecule has 1 aliphatic rings. The van der Waals surface area contributed by atoms with Gasteiger partial charge in [-0.1, -0.05) is 51.1 Å². The van der Waals surface area contributed by atoms with Crippen LogP contribution in [0, 0.1) is 0 Å². The van der Waals surface area contributed by atoms with Crippen LogP contribution in [0.5, 0.6) is 5.75 Å². The minimum absolute atomic E-state index is 0.000145. The summed E-state index contributed by atoms with van der Waals surface area (Å²) in [5.74, 6) is 0.887. The van der Waals surface area contributed by atoms with Crippen LogP contribution < -0.4 is 4.43 Å². The van der Waals surface area contributed by atoms with E-state index in [1.807, 2.05) is 36.0 Å². The van der Waals surface area contributed by atoms with E-state index in [0.717, 1.165) is 59.3 Å². The molecule has 2 aromatic heterocycles. The second-order valence-electron chi connectivity index (χ2n) is 14.0. The average molecular weight is 649 g/mol. The molecule has 0 aliphatic carbocycles. The highest BCUT2D eigenvalue weighted by Crippen LogP contribution is 2.40. The standard InChI is InChI=1S/C36H52N4O5Si/c1-27(24-41-19-20-43-28(2)25-42-26-29-13-9-8-10-14-29)39-23-30(22-37-39)35-32-21-31(45-46(6,7)36(3,4)5)16-17-33(32)40(38-35)34-15-11-12-18-44-34/h8-10,13-14,16-17,21-23,27-28,34H,11-12,15,18-20,24-26H2,1-7H3. The van der Waals surface area contributed by atoms with E-state index in [9.17, 15) is 0 Å². The second-order valence-corrected chi connectivity index (χ2v) is 18.7. The van der Waals surface area contributed by atoms with Crippen LogP contribution in [0.2, 0.25) is 18.1 Å². The van der Waals surface area contributed by atoms with Crippen LogP contribution in [-0.4, -0.2) is 67.0 Å². The summed E-state index contributed by atoms with van der Waals surface area (Å²) in [4.78, 5) is 0. The van der Waals surface area contributed by atoms with E-state index in [0.29, 0.717) is 33.0 Å². The number of benzene rings is 2. The Hall–Kier alpha value is -3.02. The fourth-order valence-corrected chi connectivity index (χ4v) is 6.31. The molecule has 3 heterocycles. The van der Waals surface area contributed by atoms with E-state index in [1.54, 1.807) is 0 Å². The lowest BCUT2D eigenvalue weighted by Gasteiger charge is -2.36. The number of aromatic nitrogens is 4. The molecule has 1 aliphatic heterocycles. The van der Waals surface area contributed by atoms with Crippen LogP contribution >= 0.6 is 0 Å². The van der Waals surface area contributed by atoms with Gasteiger partial charge in [0, 0.05) is 23.8 Å². The first kappa shape index (κ1) is 34.3. The molecule has 250 valence electrons. The Morgan fingerprint density at radius 1 is 1.00 bits per heavy atom. The number of hydrogen-bond acceptors (Lipinski definition) is 7. The number of hydrogen-bond donors (Lipinski definition) is 0. The number of nitrogens with zero attached hydrogens (tertiary/aromatic N) is 4. The van der Waals surface area contributed by atoms with Crippen LogP contribution in [0.4, 0.5) is 0 Å². The number of ether oxygens (including phenoxy) is 4. The van der Waals surface area contributed by atoms with Gasteiger partial charge in [-0.2, -0.15) is 10.2 Å². The first-order chi connectivity index (χ1) is 22.0.